The van der Waals surface area contributed by atoms with Crippen LogP contribution < -0.4 is 5.11 Å². The molecule has 0 saturated carbocycles. The molecule has 0 amide bonds. The van der Waals surface area contributed by atoms with Crippen molar-refractivity contribution in [2.75, 3.05) is 26.2 Å². The number of carbonyl (C=O) groups excluding carboxylic acids is 1. The quantitative estimate of drug-likeness (QED) is 0.0447. The molecule has 0 radical (unpaired) electrons. The highest BCUT2D eigenvalue weighted by atomic mass is 32.2. The number of carbonyl (C=O) groups is 2. The van der Waals surface area contributed by atoms with E-state index in [2.05, 4.69) is 41.5 Å². The maximum atomic E-state index is 12.1. The molecule has 0 rings (SSSR count). The smallest absolute Gasteiger partial charge is 0.308 e. The lowest BCUT2D eigenvalue weighted by Gasteiger charge is -2.39. The summed E-state index contributed by atoms with van der Waals surface area (Å²) in [4.78, 5) is 23.6. The van der Waals surface area contributed by atoms with Crippen LogP contribution in [-0.4, -0.2) is 65.4 Å². The minimum absolute atomic E-state index is 0.120. The van der Waals surface area contributed by atoms with Crippen LogP contribution in [0.25, 0.3) is 0 Å². The lowest BCUT2D eigenvalue weighted by atomic mass is 9.82. The Balaban J connectivity index is 0. The summed E-state index contributed by atoms with van der Waals surface area (Å²) in [5.41, 5.74) is 0. The van der Waals surface area contributed by atoms with Gasteiger partial charge in [-0.25, -0.2) is 0 Å². The van der Waals surface area contributed by atoms with Gasteiger partial charge in [-0.3, -0.25) is 9.35 Å². The van der Waals surface area contributed by atoms with Crippen molar-refractivity contribution < 1.29 is 37.3 Å². The van der Waals surface area contributed by atoms with Gasteiger partial charge in [-0.1, -0.05) is 144 Å². The zero-order valence-electron chi connectivity index (χ0n) is 30.3. The lowest BCUT2D eigenvalue weighted by Crippen LogP contribution is -2.60. The monoisotopic (exact) mass is 664 g/mol. The molecule has 0 spiro atoms. The van der Waals surface area contributed by atoms with Gasteiger partial charge in [-0.15, -0.1) is 0 Å². The van der Waals surface area contributed by atoms with Gasteiger partial charge in [0.2, 0.25) is 0 Å². The van der Waals surface area contributed by atoms with E-state index in [0.29, 0.717) is 19.3 Å². The van der Waals surface area contributed by atoms with Crippen LogP contribution in [0, 0.1) is 5.92 Å². The minimum atomic E-state index is -5.16. The Morgan fingerprint density at radius 2 is 0.933 bits per heavy atom. The van der Waals surface area contributed by atoms with Gasteiger partial charge in [0.25, 0.3) is 10.1 Å². The lowest BCUT2D eigenvalue weighted by molar-refractivity contribution is -0.929. The van der Waals surface area contributed by atoms with Crippen LogP contribution >= 0.6 is 0 Å². The molecule has 0 aromatic rings. The Hall–Kier alpha value is -1.19. The Bertz CT molecular complexity index is 796. The standard InChI is InChI=1S/C20H38O7S.C16H36N/c1-3-5-7-9-11-13-15-17(18(21)22)20(19(23)24,28(25,26)27)16-14-12-10-8-6-4-2;1-5-9-13-17(14-10-6-2,15-11-7-3)16-12-8-4/h17H,3-16H2,1-2H3,(H,21,22)(H,23,24)(H,25,26,27);5-16H2,1-4H3/q;+1/p-1. The number of rotatable bonds is 30. The van der Waals surface area contributed by atoms with Crippen LogP contribution in [0.4, 0.5) is 0 Å². The third-order valence-corrected chi connectivity index (χ3v) is 10.9. The first-order valence-corrected chi connectivity index (χ1v) is 20.1. The van der Waals surface area contributed by atoms with Gasteiger partial charge in [0.15, 0.2) is 0 Å². The second-order valence-corrected chi connectivity index (χ2v) is 14.9. The Morgan fingerprint density at radius 3 is 1.24 bits per heavy atom. The number of aliphatic carboxylic acids is 2. The van der Waals surface area contributed by atoms with E-state index >= 15 is 0 Å². The van der Waals surface area contributed by atoms with E-state index in [4.69, 9.17) is 0 Å². The van der Waals surface area contributed by atoms with E-state index < -0.39 is 39.1 Å². The van der Waals surface area contributed by atoms with Gasteiger partial charge in [0.05, 0.1) is 38.1 Å². The van der Waals surface area contributed by atoms with Crippen molar-refractivity contribution in [3.63, 3.8) is 0 Å². The van der Waals surface area contributed by atoms with Gasteiger partial charge in [-0.05, 0) is 38.5 Å². The molecular weight excluding hydrogens is 590 g/mol. The summed E-state index contributed by atoms with van der Waals surface area (Å²) in [6.07, 6.45) is 20.2. The van der Waals surface area contributed by atoms with E-state index in [1.54, 1.807) is 0 Å². The molecule has 2 unspecified atom stereocenters. The van der Waals surface area contributed by atoms with E-state index in [-0.39, 0.29) is 12.8 Å². The summed E-state index contributed by atoms with van der Waals surface area (Å²) in [6, 6.07) is 0. The zero-order valence-corrected chi connectivity index (χ0v) is 31.1. The number of carboxylic acid groups (broad SMARTS) is 2. The van der Waals surface area contributed by atoms with Crippen LogP contribution in [0.2, 0.25) is 0 Å². The third-order valence-electron chi connectivity index (χ3n) is 9.36. The molecule has 0 heterocycles. The van der Waals surface area contributed by atoms with Crippen LogP contribution in [-0.2, 0) is 19.7 Å². The summed E-state index contributed by atoms with van der Waals surface area (Å²) < 4.78 is 32.4. The summed E-state index contributed by atoms with van der Waals surface area (Å²) in [6.45, 7) is 19.1. The molecule has 2 atom stereocenters. The average molecular weight is 664 g/mol. The van der Waals surface area contributed by atoms with Crippen LogP contribution in [0.3, 0.4) is 0 Å². The van der Waals surface area contributed by atoms with Gasteiger partial charge >= 0.3 is 5.97 Å². The molecule has 2 N–H and O–H groups in total. The minimum Gasteiger partial charge on any atom is -0.548 e. The Labute approximate surface area is 278 Å². The van der Waals surface area contributed by atoms with Crippen LogP contribution in [0.1, 0.15) is 183 Å². The molecule has 0 fully saturated rings. The first-order valence-electron chi connectivity index (χ1n) is 18.7. The maximum absolute atomic E-state index is 12.1. The molecule has 8 nitrogen and oxygen atoms in total. The van der Waals surface area contributed by atoms with Crippen molar-refractivity contribution >= 4 is 22.1 Å². The topological polar surface area (TPSA) is 132 Å². The van der Waals surface area contributed by atoms with Gasteiger partial charge in [-0.2, -0.15) is 8.42 Å². The van der Waals surface area contributed by atoms with E-state index in [9.17, 15) is 32.8 Å². The maximum Gasteiger partial charge on any atom is 0.308 e. The van der Waals surface area contributed by atoms with Crippen molar-refractivity contribution in [1.82, 2.24) is 0 Å². The fourth-order valence-corrected chi connectivity index (χ4v) is 7.52. The number of carboxylic acids is 2. The molecule has 0 aliphatic carbocycles. The highest BCUT2D eigenvalue weighted by Gasteiger charge is 2.53. The number of nitrogens with zero attached hydrogens (tertiary/aromatic N) is 1. The number of hydrogen-bond donors (Lipinski definition) is 2. The molecule has 0 aromatic heterocycles. The SMILES string of the molecule is CCCCCCCCC(C(=O)O)C(CCCCCCCC)(C(=O)[O-])S(=O)(=O)O.CCCC[N+](CCCC)(CCCC)CCCC. The first-order chi connectivity index (χ1) is 21.4. The van der Waals surface area contributed by atoms with Crippen molar-refractivity contribution in [3.8, 4) is 0 Å². The first kappa shape index (κ1) is 45.9. The van der Waals surface area contributed by atoms with Crippen molar-refractivity contribution in [2.45, 2.75) is 188 Å². The highest BCUT2D eigenvalue weighted by Crippen LogP contribution is 2.36. The molecular formula is C36H73NO7S. The summed E-state index contributed by atoms with van der Waals surface area (Å²) in [5.74, 6) is -5.28. The fraction of sp³-hybridized carbons (Fsp3) is 0.944. The third kappa shape index (κ3) is 19.3. The van der Waals surface area contributed by atoms with Gasteiger partial charge < -0.3 is 19.5 Å². The summed E-state index contributed by atoms with van der Waals surface area (Å²) in [5, 5.41) is 21.4. The largest absolute Gasteiger partial charge is 0.548 e. The van der Waals surface area contributed by atoms with Crippen molar-refractivity contribution in [1.29, 1.82) is 0 Å². The van der Waals surface area contributed by atoms with Crippen LogP contribution in [0.15, 0.2) is 0 Å². The second kappa shape index (κ2) is 27.9. The summed E-state index contributed by atoms with van der Waals surface area (Å²) in [7, 11) is -5.16. The molecule has 0 aliphatic heterocycles. The zero-order chi connectivity index (χ0) is 34.6. The van der Waals surface area contributed by atoms with E-state index in [1.807, 2.05) is 0 Å². The average Bonchev–Trinajstić information content (AvgIpc) is 2.99. The molecule has 0 bridgehead atoms. The fourth-order valence-electron chi connectivity index (χ4n) is 6.33. The highest BCUT2D eigenvalue weighted by molar-refractivity contribution is 7.88. The summed E-state index contributed by atoms with van der Waals surface area (Å²) >= 11 is 0. The molecule has 9 heteroatoms. The van der Waals surface area contributed by atoms with E-state index in [0.717, 1.165) is 51.4 Å². The normalized spacial score (nSPS) is 13.9. The van der Waals surface area contributed by atoms with Crippen molar-refractivity contribution in [2.24, 2.45) is 5.92 Å². The van der Waals surface area contributed by atoms with Crippen LogP contribution in [0.5, 0.6) is 0 Å². The molecule has 0 saturated heterocycles. The number of hydrogen-bond acceptors (Lipinski definition) is 5. The van der Waals surface area contributed by atoms with E-state index in [1.165, 1.54) is 82.0 Å². The Morgan fingerprint density at radius 1 is 0.600 bits per heavy atom. The number of unbranched alkanes of at least 4 members (excludes halogenated alkanes) is 14. The van der Waals surface area contributed by atoms with Crippen molar-refractivity contribution in [3.05, 3.63) is 0 Å². The molecule has 45 heavy (non-hydrogen) atoms. The predicted molar refractivity (Wildman–Crippen MR) is 186 cm³/mol. The van der Waals surface area contributed by atoms with Gasteiger partial charge in [0, 0.05) is 0 Å². The second-order valence-electron chi connectivity index (χ2n) is 13.3. The Kier molecular flexibility index (Phi) is 28.5. The number of quaternary nitrogens is 1. The molecule has 0 aliphatic rings. The predicted octanol–water partition coefficient (Wildman–Crippen LogP) is 8.57. The molecule has 270 valence electrons. The molecule has 0 aromatic carbocycles. The van der Waals surface area contributed by atoms with Gasteiger partial charge in [0.1, 0.15) is 4.75 Å².